The lowest BCUT2D eigenvalue weighted by molar-refractivity contribution is 0.0791. The van der Waals surface area contributed by atoms with Crippen LogP contribution >= 0.6 is 0 Å². The highest BCUT2D eigenvalue weighted by molar-refractivity contribution is 7.89. The van der Waals surface area contributed by atoms with E-state index >= 15 is 0 Å². The minimum Gasteiger partial charge on any atom is -0.342 e. The fourth-order valence-corrected chi connectivity index (χ4v) is 4.71. The van der Waals surface area contributed by atoms with Gasteiger partial charge in [0.05, 0.1) is 4.90 Å². The minimum atomic E-state index is -3.53. The zero-order valence-electron chi connectivity index (χ0n) is 17.8. The highest BCUT2D eigenvalue weighted by Gasteiger charge is 2.25. The molecule has 1 amide bonds. The topological polar surface area (TPSA) is 90.5 Å². The van der Waals surface area contributed by atoms with Crippen molar-refractivity contribution in [2.75, 3.05) is 20.1 Å². The van der Waals surface area contributed by atoms with Gasteiger partial charge in [-0.2, -0.15) is 0 Å². The molecule has 2 aromatic rings. The number of amides is 1. The summed E-state index contributed by atoms with van der Waals surface area (Å²) in [5.74, 6) is -0.387. The molecule has 1 saturated heterocycles. The average Bonchev–Trinajstić information content (AvgIpc) is 3.22. The molecule has 1 heterocycles. The van der Waals surface area contributed by atoms with E-state index in [2.05, 4.69) is 15.6 Å². The Labute approximate surface area is 183 Å². The van der Waals surface area contributed by atoms with Gasteiger partial charge in [0.15, 0.2) is 0 Å². The number of hydrogen-bond donors (Lipinski definition) is 3. The number of halogens is 1. The van der Waals surface area contributed by atoms with Crippen LogP contribution in [0.3, 0.4) is 0 Å². The van der Waals surface area contributed by atoms with Crippen LogP contribution in [0.4, 0.5) is 4.39 Å². The summed E-state index contributed by atoms with van der Waals surface area (Å²) in [4.78, 5) is 14.4. The van der Waals surface area contributed by atoms with Gasteiger partial charge in [-0.15, -0.1) is 0 Å². The Bertz CT molecular complexity index is 981. The summed E-state index contributed by atoms with van der Waals surface area (Å²) in [6.45, 7) is 2.61. The first-order valence-corrected chi connectivity index (χ1v) is 11.9. The Morgan fingerprint density at radius 3 is 2.45 bits per heavy atom. The zero-order valence-corrected chi connectivity index (χ0v) is 18.6. The van der Waals surface area contributed by atoms with Gasteiger partial charge >= 0.3 is 0 Å². The van der Waals surface area contributed by atoms with E-state index in [4.69, 9.17) is 0 Å². The number of carbonyl (C=O) groups excluding carboxylic acids is 1. The van der Waals surface area contributed by atoms with E-state index in [9.17, 15) is 17.6 Å². The van der Waals surface area contributed by atoms with Crippen LogP contribution in [0.2, 0.25) is 0 Å². The van der Waals surface area contributed by atoms with Crippen molar-refractivity contribution in [3.05, 3.63) is 65.5 Å². The summed E-state index contributed by atoms with van der Waals surface area (Å²) >= 11 is 0. The molecule has 0 aromatic heterocycles. The number of hydrogen-bond acceptors (Lipinski definition) is 5. The molecule has 1 aliphatic rings. The van der Waals surface area contributed by atoms with Gasteiger partial charge < -0.3 is 4.90 Å². The Balaban J connectivity index is 1.46. The smallest absolute Gasteiger partial charge is 0.253 e. The maximum Gasteiger partial charge on any atom is 0.253 e. The molecule has 3 rings (SSSR count). The molecule has 2 unspecified atom stereocenters. The van der Waals surface area contributed by atoms with Gasteiger partial charge in [0, 0.05) is 37.8 Å². The first-order chi connectivity index (χ1) is 14.8. The van der Waals surface area contributed by atoms with Crippen molar-refractivity contribution in [3.8, 4) is 0 Å². The van der Waals surface area contributed by atoms with E-state index in [0.717, 1.165) is 24.8 Å². The molecule has 2 atom stereocenters. The maximum absolute atomic E-state index is 13.1. The standard InChI is InChI=1S/C22H29FN4O3S/c1-3-24-31(29,30)20-12-8-17(9-13-20)22(28)27(2)14-4-5-19-15-21(26-25-19)16-6-10-18(23)11-7-16/h6-13,19,21,24-26H,3-5,14-15H2,1-2H3. The van der Waals surface area contributed by atoms with Crippen molar-refractivity contribution in [1.82, 2.24) is 20.5 Å². The normalized spacial score (nSPS) is 18.8. The number of hydrazine groups is 1. The highest BCUT2D eigenvalue weighted by Crippen LogP contribution is 2.24. The predicted molar refractivity (Wildman–Crippen MR) is 117 cm³/mol. The van der Waals surface area contributed by atoms with Crippen molar-refractivity contribution in [3.63, 3.8) is 0 Å². The summed E-state index contributed by atoms with van der Waals surface area (Å²) in [5, 5.41) is 0. The van der Waals surface area contributed by atoms with Gasteiger partial charge in [0.2, 0.25) is 10.0 Å². The number of nitrogens with zero attached hydrogens (tertiary/aromatic N) is 1. The summed E-state index contributed by atoms with van der Waals surface area (Å²) in [7, 11) is -1.79. The lowest BCUT2D eigenvalue weighted by Gasteiger charge is -2.18. The highest BCUT2D eigenvalue weighted by atomic mass is 32.2. The quantitative estimate of drug-likeness (QED) is 0.549. The summed E-state index contributed by atoms with van der Waals surface area (Å²) in [5.41, 5.74) is 8.02. The van der Waals surface area contributed by atoms with Crippen LogP contribution < -0.4 is 15.6 Å². The molecule has 31 heavy (non-hydrogen) atoms. The molecule has 0 radical (unpaired) electrons. The monoisotopic (exact) mass is 448 g/mol. The van der Waals surface area contributed by atoms with Crippen molar-refractivity contribution < 1.29 is 17.6 Å². The number of nitrogens with one attached hydrogen (secondary N) is 3. The molecular weight excluding hydrogens is 419 g/mol. The molecule has 0 bridgehead atoms. The molecule has 2 aromatic carbocycles. The van der Waals surface area contributed by atoms with Crippen LogP contribution in [-0.2, 0) is 10.0 Å². The second-order valence-corrected chi connectivity index (χ2v) is 9.49. The van der Waals surface area contributed by atoms with Crippen molar-refractivity contribution in [2.24, 2.45) is 0 Å². The van der Waals surface area contributed by atoms with Gasteiger partial charge in [-0.25, -0.2) is 17.5 Å². The SMILES string of the molecule is CCNS(=O)(=O)c1ccc(C(=O)N(C)CCCC2CC(c3ccc(F)cc3)NN2)cc1. The van der Waals surface area contributed by atoms with Gasteiger partial charge in [-0.1, -0.05) is 19.1 Å². The summed E-state index contributed by atoms with van der Waals surface area (Å²) in [6, 6.07) is 12.9. The van der Waals surface area contributed by atoms with Crippen LogP contribution in [0.1, 0.15) is 48.1 Å². The van der Waals surface area contributed by atoms with Crippen molar-refractivity contribution in [1.29, 1.82) is 0 Å². The van der Waals surface area contributed by atoms with Crippen molar-refractivity contribution >= 4 is 15.9 Å². The number of rotatable bonds is 9. The zero-order chi connectivity index (χ0) is 22.4. The summed E-state index contributed by atoms with van der Waals surface area (Å²) < 4.78 is 39.5. The third-order valence-corrected chi connectivity index (χ3v) is 6.95. The van der Waals surface area contributed by atoms with Crippen LogP contribution in [0.25, 0.3) is 0 Å². The predicted octanol–water partition coefficient (Wildman–Crippen LogP) is 2.58. The first-order valence-electron chi connectivity index (χ1n) is 10.4. The third-order valence-electron chi connectivity index (χ3n) is 5.39. The molecule has 7 nitrogen and oxygen atoms in total. The van der Waals surface area contributed by atoms with Gasteiger partial charge in [-0.05, 0) is 61.2 Å². The Morgan fingerprint density at radius 2 is 1.81 bits per heavy atom. The largest absolute Gasteiger partial charge is 0.342 e. The van der Waals surface area contributed by atoms with Crippen LogP contribution in [0, 0.1) is 5.82 Å². The first kappa shape index (κ1) is 23.3. The van der Waals surface area contributed by atoms with E-state index in [0.29, 0.717) is 18.7 Å². The Morgan fingerprint density at radius 1 is 1.13 bits per heavy atom. The third kappa shape index (κ3) is 6.10. The van der Waals surface area contributed by atoms with E-state index in [1.165, 1.54) is 24.3 Å². The summed E-state index contributed by atoms with van der Waals surface area (Å²) in [6.07, 6.45) is 2.61. The molecule has 0 saturated carbocycles. The Kier molecular flexibility index (Phi) is 7.77. The second-order valence-electron chi connectivity index (χ2n) is 7.72. The van der Waals surface area contributed by atoms with Crippen LogP contribution in [-0.4, -0.2) is 45.4 Å². The van der Waals surface area contributed by atoms with Crippen molar-refractivity contribution in [2.45, 2.75) is 43.2 Å². The van der Waals surface area contributed by atoms with E-state index < -0.39 is 10.0 Å². The molecule has 3 N–H and O–H groups in total. The molecular formula is C22H29FN4O3S. The lowest BCUT2D eigenvalue weighted by Crippen LogP contribution is -2.32. The molecule has 168 valence electrons. The van der Waals surface area contributed by atoms with Crippen LogP contribution in [0.5, 0.6) is 0 Å². The maximum atomic E-state index is 13.1. The van der Waals surface area contributed by atoms with Gasteiger partial charge in [-0.3, -0.25) is 15.6 Å². The fourth-order valence-electron chi connectivity index (χ4n) is 3.67. The number of carbonyl (C=O) groups is 1. The molecule has 1 fully saturated rings. The molecule has 0 spiro atoms. The minimum absolute atomic E-state index is 0.141. The van der Waals surface area contributed by atoms with E-state index in [1.807, 2.05) is 0 Å². The van der Waals surface area contributed by atoms with Gasteiger partial charge in [0.1, 0.15) is 5.82 Å². The molecule has 9 heteroatoms. The fraction of sp³-hybridized carbons (Fsp3) is 0.409. The van der Waals surface area contributed by atoms with Crippen LogP contribution in [0.15, 0.2) is 53.4 Å². The number of sulfonamides is 1. The van der Waals surface area contributed by atoms with E-state index in [-0.39, 0.29) is 28.7 Å². The molecule has 0 aliphatic carbocycles. The average molecular weight is 449 g/mol. The van der Waals surface area contributed by atoms with E-state index in [1.54, 1.807) is 43.1 Å². The molecule has 1 aliphatic heterocycles. The lowest BCUT2D eigenvalue weighted by atomic mass is 9.99. The Hall–Kier alpha value is -2.33. The van der Waals surface area contributed by atoms with Gasteiger partial charge in [0.25, 0.3) is 5.91 Å². The number of benzene rings is 2. The second kappa shape index (κ2) is 10.3.